The van der Waals surface area contributed by atoms with Gasteiger partial charge in [0.15, 0.2) is 0 Å². The molecule has 6 nitrogen and oxygen atoms in total. The summed E-state index contributed by atoms with van der Waals surface area (Å²) in [4.78, 5) is 14.5. The molecule has 1 aromatic heterocycles. The molecule has 0 saturated carbocycles. The van der Waals surface area contributed by atoms with E-state index in [4.69, 9.17) is 5.11 Å². The van der Waals surface area contributed by atoms with E-state index in [1.165, 1.54) is 18.3 Å². The standard InChI is InChI=1S/C12H9FN2O4S/c13-8-3-4-10(12(16)17)11(6-8)15-20(18,19)9-2-1-5-14-7-9/h1-7,15H,(H,16,17). The summed E-state index contributed by atoms with van der Waals surface area (Å²) in [7, 11) is -4.03. The Morgan fingerprint density at radius 1 is 1.30 bits per heavy atom. The molecule has 1 heterocycles. The first kappa shape index (κ1) is 13.9. The second kappa shape index (κ2) is 5.25. The number of benzene rings is 1. The second-order valence-electron chi connectivity index (χ2n) is 3.79. The number of hydrogen-bond acceptors (Lipinski definition) is 4. The van der Waals surface area contributed by atoms with Crippen molar-refractivity contribution in [3.05, 3.63) is 54.1 Å². The summed E-state index contributed by atoms with van der Waals surface area (Å²) in [5.74, 6) is -2.12. The number of rotatable bonds is 4. The molecule has 0 radical (unpaired) electrons. The van der Waals surface area contributed by atoms with Gasteiger partial charge in [-0.1, -0.05) is 0 Å². The first-order valence-electron chi connectivity index (χ1n) is 5.36. The summed E-state index contributed by atoms with van der Waals surface area (Å²) < 4.78 is 39.2. The quantitative estimate of drug-likeness (QED) is 0.895. The number of hydrogen-bond donors (Lipinski definition) is 2. The lowest BCUT2D eigenvalue weighted by Crippen LogP contribution is -2.16. The third-order valence-corrected chi connectivity index (χ3v) is 3.75. The van der Waals surface area contributed by atoms with Crippen LogP contribution in [-0.4, -0.2) is 24.5 Å². The molecule has 0 saturated heterocycles. The van der Waals surface area contributed by atoms with Crippen LogP contribution in [0.1, 0.15) is 10.4 Å². The number of sulfonamides is 1. The number of carboxylic acids is 1. The Labute approximate surface area is 114 Å². The molecule has 8 heteroatoms. The second-order valence-corrected chi connectivity index (χ2v) is 5.47. The number of carboxylic acid groups (broad SMARTS) is 1. The molecule has 104 valence electrons. The molecule has 2 aromatic rings. The maximum atomic E-state index is 13.1. The Hall–Kier alpha value is -2.48. The highest BCUT2D eigenvalue weighted by atomic mass is 32.2. The average Bonchev–Trinajstić information content (AvgIpc) is 2.39. The summed E-state index contributed by atoms with van der Waals surface area (Å²) in [5, 5.41) is 8.95. The Kier molecular flexibility index (Phi) is 3.66. The van der Waals surface area contributed by atoms with E-state index in [9.17, 15) is 17.6 Å². The van der Waals surface area contributed by atoms with Gasteiger partial charge in [0.1, 0.15) is 10.7 Å². The van der Waals surface area contributed by atoms with E-state index in [-0.39, 0.29) is 16.1 Å². The van der Waals surface area contributed by atoms with Gasteiger partial charge in [-0.3, -0.25) is 9.71 Å². The molecular weight excluding hydrogens is 287 g/mol. The third kappa shape index (κ3) is 2.91. The lowest BCUT2D eigenvalue weighted by atomic mass is 10.2. The first-order chi connectivity index (χ1) is 9.40. The van der Waals surface area contributed by atoms with Crippen LogP contribution in [-0.2, 0) is 10.0 Å². The van der Waals surface area contributed by atoms with Crippen LogP contribution in [0.25, 0.3) is 0 Å². The van der Waals surface area contributed by atoms with Gasteiger partial charge in [0.2, 0.25) is 0 Å². The molecule has 2 rings (SSSR count). The predicted octanol–water partition coefficient (Wildman–Crippen LogP) is 1.72. The minimum absolute atomic E-state index is 0.152. The number of nitrogens with zero attached hydrogens (tertiary/aromatic N) is 1. The van der Waals surface area contributed by atoms with Gasteiger partial charge in [-0.2, -0.15) is 0 Å². The lowest BCUT2D eigenvalue weighted by molar-refractivity contribution is 0.0698. The maximum absolute atomic E-state index is 13.1. The van der Waals surface area contributed by atoms with Crippen LogP contribution in [0.15, 0.2) is 47.6 Å². The summed E-state index contributed by atoms with van der Waals surface area (Å²) in [6.07, 6.45) is 2.49. The molecule has 0 atom stereocenters. The number of aromatic carboxylic acids is 1. The van der Waals surface area contributed by atoms with Gasteiger partial charge in [0, 0.05) is 12.4 Å². The van der Waals surface area contributed by atoms with E-state index in [0.29, 0.717) is 0 Å². The third-order valence-electron chi connectivity index (χ3n) is 2.40. The van der Waals surface area contributed by atoms with Crippen LogP contribution < -0.4 is 4.72 Å². The summed E-state index contributed by atoms with van der Waals surface area (Å²) in [6.45, 7) is 0. The summed E-state index contributed by atoms with van der Waals surface area (Å²) in [6, 6.07) is 5.43. The Morgan fingerprint density at radius 3 is 2.65 bits per heavy atom. The lowest BCUT2D eigenvalue weighted by Gasteiger charge is -2.10. The molecular formula is C12H9FN2O4S. The normalized spacial score (nSPS) is 11.1. The van der Waals surface area contributed by atoms with Crippen molar-refractivity contribution in [3.8, 4) is 0 Å². The van der Waals surface area contributed by atoms with E-state index in [1.54, 1.807) is 0 Å². The minimum atomic E-state index is -4.03. The predicted molar refractivity (Wildman–Crippen MR) is 68.4 cm³/mol. The average molecular weight is 296 g/mol. The van der Waals surface area contributed by atoms with Gasteiger partial charge in [-0.15, -0.1) is 0 Å². The molecule has 20 heavy (non-hydrogen) atoms. The fourth-order valence-corrected chi connectivity index (χ4v) is 2.53. The van der Waals surface area contributed by atoms with Crippen molar-refractivity contribution in [1.82, 2.24) is 4.98 Å². The number of pyridine rings is 1. The zero-order chi connectivity index (χ0) is 14.8. The van der Waals surface area contributed by atoms with Crippen LogP contribution in [0, 0.1) is 5.82 Å². The van der Waals surface area contributed by atoms with Crippen molar-refractivity contribution in [2.45, 2.75) is 4.90 Å². The Balaban J connectivity index is 2.44. The van der Waals surface area contributed by atoms with Crippen molar-refractivity contribution in [2.24, 2.45) is 0 Å². The van der Waals surface area contributed by atoms with Crippen LogP contribution in [0.3, 0.4) is 0 Å². The van der Waals surface area contributed by atoms with Gasteiger partial charge < -0.3 is 5.11 Å². The van der Waals surface area contributed by atoms with Gasteiger partial charge in [0.25, 0.3) is 10.0 Å². The van der Waals surface area contributed by atoms with E-state index in [1.807, 2.05) is 4.72 Å². The molecule has 0 bridgehead atoms. The zero-order valence-electron chi connectivity index (χ0n) is 9.95. The monoisotopic (exact) mass is 296 g/mol. The van der Waals surface area contributed by atoms with Gasteiger partial charge >= 0.3 is 5.97 Å². The number of halogens is 1. The molecule has 0 unspecified atom stereocenters. The molecule has 0 aliphatic heterocycles. The highest BCUT2D eigenvalue weighted by Crippen LogP contribution is 2.21. The topological polar surface area (TPSA) is 96.4 Å². The van der Waals surface area contributed by atoms with Crippen molar-refractivity contribution in [2.75, 3.05) is 4.72 Å². The van der Waals surface area contributed by atoms with Crippen LogP contribution in [0.5, 0.6) is 0 Å². The molecule has 0 aliphatic rings. The molecule has 1 aromatic carbocycles. The number of aromatic nitrogens is 1. The molecule has 2 N–H and O–H groups in total. The number of carbonyl (C=O) groups is 1. The number of nitrogens with one attached hydrogen (secondary N) is 1. The Morgan fingerprint density at radius 2 is 2.05 bits per heavy atom. The van der Waals surface area contributed by atoms with Crippen molar-refractivity contribution < 1.29 is 22.7 Å². The van der Waals surface area contributed by atoms with E-state index in [2.05, 4.69) is 4.98 Å². The first-order valence-corrected chi connectivity index (χ1v) is 6.84. The van der Waals surface area contributed by atoms with Gasteiger partial charge in [0.05, 0.1) is 11.3 Å². The van der Waals surface area contributed by atoms with E-state index >= 15 is 0 Å². The molecule has 0 amide bonds. The summed E-state index contributed by atoms with van der Waals surface area (Å²) in [5.41, 5.74) is -0.694. The van der Waals surface area contributed by atoms with Gasteiger partial charge in [-0.25, -0.2) is 17.6 Å². The minimum Gasteiger partial charge on any atom is -0.478 e. The fraction of sp³-hybridized carbons (Fsp3) is 0. The van der Waals surface area contributed by atoms with Crippen LogP contribution in [0.2, 0.25) is 0 Å². The van der Waals surface area contributed by atoms with Gasteiger partial charge in [-0.05, 0) is 30.3 Å². The van der Waals surface area contributed by atoms with Crippen molar-refractivity contribution in [3.63, 3.8) is 0 Å². The van der Waals surface area contributed by atoms with Crippen molar-refractivity contribution in [1.29, 1.82) is 0 Å². The van der Waals surface area contributed by atoms with Crippen LogP contribution in [0.4, 0.5) is 10.1 Å². The fourth-order valence-electron chi connectivity index (χ4n) is 1.50. The van der Waals surface area contributed by atoms with Crippen molar-refractivity contribution >= 4 is 21.7 Å². The molecule has 0 aliphatic carbocycles. The molecule has 0 spiro atoms. The Bertz CT molecular complexity index is 747. The smallest absolute Gasteiger partial charge is 0.337 e. The largest absolute Gasteiger partial charge is 0.478 e. The highest BCUT2D eigenvalue weighted by Gasteiger charge is 2.19. The van der Waals surface area contributed by atoms with Crippen LogP contribution >= 0.6 is 0 Å². The van der Waals surface area contributed by atoms with E-state index in [0.717, 1.165) is 24.4 Å². The summed E-state index contributed by atoms with van der Waals surface area (Å²) >= 11 is 0. The highest BCUT2D eigenvalue weighted by molar-refractivity contribution is 7.92. The van der Waals surface area contributed by atoms with E-state index < -0.39 is 21.8 Å². The zero-order valence-corrected chi connectivity index (χ0v) is 10.8. The maximum Gasteiger partial charge on any atom is 0.337 e. The molecule has 0 fully saturated rings. The SMILES string of the molecule is O=C(O)c1ccc(F)cc1NS(=O)(=O)c1cccnc1. The number of anilines is 1.